The van der Waals surface area contributed by atoms with Gasteiger partial charge in [0.25, 0.3) is 0 Å². The monoisotopic (exact) mass is 256 g/mol. The van der Waals surface area contributed by atoms with E-state index in [1.54, 1.807) is 0 Å². The number of terminal acetylenes is 1. The second kappa shape index (κ2) is 7.33. The van der Waals surface area contributed by atoms with Gasteiger partial charge in [0.1, 0.15) is 0 Å². The average molecular weight is 256 g/mol. The molecule has 1 saturated carbocycles. The van der Waals surface area contributed by atoms with Gasteiger partial charge < -0.3 is 5.32 Å². The Morgan fingerprint density at radius 1 is 1.26 bits per heavy atom. The van der Waals surface area contributed by atoms with E-state index in [4.69, 9.17) is 6.42 Å². The fourth-order valence-corrected chi connectivity index (χ4v) is 2.19. The van der Waals surface area contributed by atoms with Gasteiger partial charge in [-0.05, 0) is 43.5 Å². The fraction of sp³-hybridized carbons (Fsp3) is 0.529. The van der Waals surface area contributed by atoms with Crippen LogP contribution in [0.3, 0.4) is 0 Å². The Hall–Kier alpha value is -1.30. The van der Waals surface area contributed by atoms with Crippen LogP contribution in [0.25, 0.3) is 0 Å². The van der Waals surface area contributed by atoms with Gasteiger partial charge in [-0.15, -0.1) is 6.42 Å². The van der Waals surface area contributed by atoms with Gasteiger partial charge in [-0.1, -0.05) is 37.1 Å². The SMILES string of the molecule is C#CCN(CC)Cc1ccc(CCNC2CC2)cc1. The van der Waals surface area contributed by atoms with Crippen LogP contribution < -0.4 is 5.32 Å². The molecule has 0 unspecified atom stereocenters. The van der Waals surface area contributed by atoms with Gasteiger partial charge in [0, 0.05) is 12.6 Å². The highest BCUT2D eigenvalue weighted by Crippen LogP contribution is 2.18. The molecule has 0 amide bonds. The Morgan fingerprint density at radius 3 is 2.53 bits per heavy atom. The molecule has 1 fully saturated rings. The molecular weight excluding hydrogens is 232 g/mol. The number of hydrogen-bond acceptors (Lipinski definition) is 2. The number of nitrogens with zero attached hydrogens (tertiary/aromatic N) is 1. The Labute approximate surface area is 117 Å². The summed E-state index contributed by atoms with van der Waals surface area (Å²) in [5.74, 6) is 2.71. The van der Waals surface area contributed by atoms with Crippen LogP contribution in [0, 0.1) is 12.3 Å². The fourth-order valence-electron chi connectivity index (χ4n) is 2.19. The summed E-state index contributed by atoms with van der Waals surface area (Å²) in [7, 11) is 0. The van der Waals surface area contributed by atoms with Crippen molar-refractivity contribution < 1.29 is 0 Å². The number of hydrogen-bond donors (Lipinski definition) is 1. The van der Waals surface area contributed by atoms with E-state index < -0.39 is 0 Å². The lowest BCUT2D eigenvalue weighted by Gasteiger charge is -2.17. The van der Waals surface area contributed by atoms with Crippen LogP contribution in [0.15, 0.2) is 24.3 Å². The predicted octanol–water partition coefficient (Wildman–Crippen LogP) is 2.44. The summed E-state index contributed by atoms with van der Waals surface area (Å²) in [6, 6.07) is 9.75. The lowest BCUT2D eigenvalue weighted by atomic mass is 10.1. The zero-order chi connectivity index (χ0) is 13.5. The molecule has 0 spiro atoms. The predicted molar refractivity (Wildman–Crippen MR) is 81.0 cm³/mol. The Kier molecular flexibility index (Phi) is 5.44. The molecule has 1 aromatic carbocycles. The molecule has 1 N–H and O–H groups in total. The number of benzene rings is 1. The van der Waals surface area contributed by atoms with E-state index in [0.717, 1.165) is 38.6 Å². The maximum absolute atomic E-state index is 5.37. The highest BCUT2D eigenvalue weighted by Gasteiger charge is 2.19. The summed E-state index contributed by atoms with van der Waals surface area (Å²) < 4.78 is 0. The molecule has 1 aliphatic carbocycles. The summed E-state index contributed by atoms with van der Waals surface area (Å²) >= 11 is 0. The summed E-state index contributed by atoms with van der Waals surface area (Å²) in [4.78, 5) is 2.27. The standard InChI is InChI=1S/C17H24N2/c1-3-13-19(4-2)14-16-7-5-15(6-8-16)11-12-18-17-9-10-17/h1,5-8,17-18H,4,9-14H2,2H3. The third-order valence-electron chi connectivity index (χ3n) is 3.62. The molecule has 102 valence electrons. The topological polar surface area (TPSA) is 15.3 Å². The maximum atomic E-state index is 5.37. The van der Waals surface area contributed by atoms with Crippen LogP contribution in [0.5, 0.6) is 0 Å². The Balaban J connectivity index is 1.77. The van der Waals surface area contributed by atoms with Crippen LogP contribution in [-0.4, -0.2) is 30.6 Å². The van der Waals surface area contributed by atoms with E-state index in [2.05, 4.69) is 47.3 Å². The van der Waals surface area contributed by atoms with Gasteiger partial charge in [0.2, 0.25) is 0 Å². The molecule has 0 heterocycles. The molecule has 19 heavy (non-hydrogen) atoms. The van der Waals surface area contributed by atoms with E-state index in [1.807, 2.05) is 0 Å². The molecule has 2 heteroatoms. The van der Waals surface area contributed by atoms with Crippen molar-refractivity contribution >= 4 is 0 Å². The third-order valence-corrected chi connectivity index (χ3v) is 3.62. The number of nitrogens with one attached hydrogen (secondary N) is 1. The highest BCUT2D eigenvalue weighted by molar-refractivity contribution is 5.23. The zero-order valence-electron chi connectivity index (χ0n) is 11.9. The van der Waals surface area contributed by atoms with Crippen molar-refractivity contribution in [1.29, 1.82) is 0 Å². The van der Waals surface area contributed by atoms with E-state index in [1.165, 1.54) is 24.0 Å². The first-order valence-corrected chi connectivity index (χ1v) is 7.29. The van der Waals surface area contributed by atoms with Gasteiger partial charge in [0.05, 0.1) is 6.54 Å². The van der Waals surface area contributed by atoms with Crippen LogP contribution in [0.2, 0.25) is 0 Å². The summed E-state index contributed by atoms with van der Waals surface area (Å²) in [5.41, 5.74) is 2.76. The lowest BCUT2D eigenvalue weighted by Crippen LogP contribution is -2.23. The molecular formula is C17H24N2. The largest absolute Gasteiger partial charge is 0.314 e. The minimum absolute atomic E-state index is 0.726. The van der Waals surface area contributed by atoms with Gasteiger partial charge in [-0.3, -0.25) is 4.90 Å². The van der Waals surface area contributed by atoms with E-state index in [9.17, 15) is 0 Å². The van der Waals surface area contributed by atoms with Crippen molar-refractivity contribution in [3.63, 3.8) is 0 Å². The van der Waals surface area contributed by atoms with Crippen molar-refractivity contribution in [2.45, 2.75) is 38.8 Å². The molecule has 2 rings (SSSR count). The lowest BCUT2D eigenvalue weighted by molar-refractivity contribution is 0.316. The molecule has 0 aromatic heterocycles. The van der Waals surface area contributed by atoms with Gasteiger partial charge in [-0.2, -0.15) is 0 Å². The second-order valence-corrected chi connectivity index (χ2v) is 5.30. The van der Waals surface area contributed by atoms with Crippen molar-refractivity contribution in [2.24, 2.45) is 0 Å². The first kappa shape index (κ1) is 14.1. The van der Waals surface area contributed by atoms with Crippen molar-refractivity contribution in [3.05, 3.63) is 35.4 Å². The summed E-state index contributed by atoms with van der Waals surface area (Å²) in [6.07, 6.45) is 9.22. The molecule has 0 atom stereocenters. The highest BCUT2D eigenvalue weighted by atomic mass is 15.1. The van der Waals surface area contributed by atoms with Crippen molar-refractivity contribution in [1.82, 2.24) is 10.2 Å². The van der Waals surface area contributed by atoms with Crippen molar-refractivity contribution in [2.75, 3.05) is 19.6 Å². The van der Waals surface area contributed by atoms with Crippen LogP contribution in [0.4, 0.5) is 0 Å². The van der Waals surface area contributed by atoms with Gasteiger partial charge in [0.15, 0.2) is 0 Å². The second-order valence-electron chi connectivity index (χ2n) is 5.30. The Bertz CT molecular complexity index is 412. The molecule has 1 aromatic rings. The van der Waals surface area contributed by atoms with E-state index >= 15 is 0 Å². The zero-order valence-corrected chi connectivity index (χ0v) is 11.9. The van der Waals surface area contributed by atoms with Crippen LogP contribution in [-0.2, 0) is 13.0 Å². The van der Waals surface area contributed by atoms with Gasteiger partial charge in [-0.25, -0.2) is 0 Å². The van der Waals surface area contributed by atoms with Crippen LogP contribution >= 0.6 is 0 Å². The summed E-state index contributed by atoms with van der Waals surface area (Å²) in [6.45, 7) is 5.92. The number of rotatable bonds is 8. The summed E-state index contributed by atoms with van der Waals surface area (Å²) in [5, 5.41) is 3.55. The molecule has 0 saturated heterocycles. The van der Waals surface area contributed by atoms with E-state index in [0.29, 0.717) is 0 Å². The maximum Gasteiger partial charge on any atom is 0.0601 e. The first-order chi connectivity index (χ1) is 9.31. The first-order valence-electron chi connectivity index (χ1n) is 7.29. The molecule has 0 aliphatic heterocycles. The minimum atomic E-state index is 0.726. The quantitative estimate of drug-likeness (QED) is 0.719. The Morgan fingerprint density at radius 2 is 1.95 bits per heavy atom. The van der Waals surface area contributed by atoms with Crippen molar-refractivity contribution in [3.8, 4) is 12.3 Å². The molecule has 0 radical (unpaired) electrons. The average Bonchev–Trinajstić information content (AvgIpc) is 3.24. The smallest absolute Gasteiger partial charge is 0.0601 e. The van der Waals surface area contributed by atoms with Gasteiger partial charge >= 0.3 is 0 Å². The molecule has 1 aliphatic rings. The third kappa shape index (κ3) is 5.06. The molecule has 0 bridgehead atoms. The van der Waals surface area contributed by atoms with Crippen LogP contribution in [0.1, 0.15) is 30.9 Å². The normalized spacial score (nSPS) is 14.6. The van der Waals surface area contributed by atoms with E-state index in [-0.39, 0.29) is 0 Å². The molecule has 2 nitrogen and oxygen atoms in total. The minimum Gasteiger partial charge on any atom is -0.314 e.